The third-order valence-electron chi connectivity index (χ3n) is 3.57. The molecular formula is C14H20BrN. The summed E-state index contributed by atoms with van der Waals surface area (Å²) in [5.74, 6) is 0.879. The molecule has 0 radical (unpaired) electrons. The molecule has 2 heteroatoms. The zero-order valence-electron chi connectivity index (χ0n) is 10.3. The van der Waals surface area contributed by atoms with Crippen molar-refractivity contribution in [2.75, 3.05) is 0 Å². The van der Waals surface area contributed by atoms with E-state index in [0.717, 1.165) is 12.5 Å². The quantitative estimate of drug-likeness (QED) is 0.879. The lowest BCUT2D eigenvalue weighted by molar-refractivity contribution is 0.339. The van der Waals surface area contributed by atoms with E-state index in [2.05, 4.69) is 60.2 Å². The van der Waals surface area contributed by atoms with Gasteiger partial charge in [0.15, 0.2) is 0 Å². The van der Waals surface area contributed by atoms with Gasteiger partial charge in [-0.1, -0.05) is 28.1 Å². The first-order valence-electron chi connectivity index (χ1n) is 5.99. The van der Waals surface area contributed by atoms with Crippen molar-refractivity contribution >= 4 is 15.9 Å². The lowest BCUT2D eigenvalue weighted by Gasteiger charge is -2.26. The highest BCUT2D eigenvalue weighted by Crippen LogP contribution is 2.39. The molecule has 1 nitrogen and oxygen atoms in total. The van der Waals surface area contributed by atoms with E-state index < -0.39 is 0 Å². The Balaban J connectivity index is 1.96. The van der Waals surface area contributed by atoms with Gasteiger partial charge in [-0.3, -0.25) is 0 Å². The number of aryl methyl sites for hydroxylation is 1. The molecule has 1 saturated carbocycles. The van der Waals surface area contributed by atoms with Crippen LogP contribution in [0, 0.1) is 12.8 Å². The minimum atomic E-state index is 0.293. The Labute approximate surface area is 107 Å². The third kappa shape index (κ3) is 2.86. The molecule has 0 aromatic heterocycles. The second kappa shape index (κ2) is 4.50. The van der Waals surface area contributed by atoms with Crippen molar-refractivity contribution in [3.05, 3.63) is 33.8 Å². The Bertz CT molecular complexity index is 380. The van der Waals surface area contributed by atoms with Crippen LogP contribution in [0.1, 0.15) is 37.8 Å². The topological polar surface area (TPSA) is 12.0 Å². The third-order valence-corrected chi connectivity index (χ3v) is 4.46. The molecular weight excluding hydrogens is 262 g/mol. The molecule has 1 aliphatic carbocycles. The molecule has 88 valence electrons. The van der Waals surface area contributed by atoms with Crippen LogP contribution in [-0.4, -0.2) is 5.54 Å². The first-order chi connectivity index (χ1) is 7.49. The van der Waals surface area contributed by atoms with Crippen LogP contribution in [0.15, 0.2) is 22.7 Å². The van der Waals surface area contributed by atoms with Crippen molar-refractivity contribution in [2.45, 2.75) is 45.7 Å². The van der Waals surface area contributed by atoms with E-state index in [9.17, 15) is 0 Å². The van der Waals surface area contributed by atoms with Crippen molar-refractivity contribution in [1.82, 2.24) is 5.32 Å². The zero-order chi connectivity index (χ0) is 11.8. The monoisotopic (exact) mass is 281 g/mol. The highest BCUT2D eigenvalue weighted by molar-refractivity contribution is 9.10. The van der Waals surface area contributed by atoms with E-state index in [1.54, 1.807) is 0 Å². The van der Waals surface area contributed by atoms with Crippen molar-refractivity contribution in [1.29, 1.82) is 0 Å². The number of rotatable bonds is 4. The average molecular weight is 282 g/mol. The maximum absolute atomic E-state index is 3.67. The van der Waals surface area contributed by atoms with Gasteiger partial charge in [0.2, 0.25) is 0 Å². The van der Waals surface area contributed by atoms with Gasteiger partial charge in [-0.25, -0.2) is 0 Å². The smallest absolute Gasteiger partial charge is 0.0210 e. The molecule has 0 atom stereocenters. The van der Waals surface area contributed by atoms with Gasteiger partial charge in [-0.2, -0.15) is 0 Å². The fraction of sp³-hybridized carbons (Fsp3) is 0.571. The Morgan fingerprint density at radius 3 is 2.62 bits per heavy atom. The molecule has 1 aromatic rings. The van der Waals surface area contributed by atoms with Crippen molar-refractivity contribution in [3.63, 3.8) is 0 Å². The molecule has 1 fully saturated rings. The van der Waals surface area contributed by atoms with Gasteiger partial charge >= 0.3 is 0 Å². The average Bonchev–Trinajstić information content (AvgIpc) is 3.03. The molecule has 0 unspecified atom stereocenters. The van der Waals surface area contributed by atoms with Gasteiger partial charge < -0.3 is 5.32 Å². The molecule has 0 saturated heterocycles. The summed E-state index contributed by atoms with van der Waals surface area (Å²) in [5, 5.41) is 3.67. The van der Waals surface area contributed by atoms with Crippen LogP contribution in [0.25, 0.3) is 0 Å². The number of hydrogen-bond acceptors (Lipinski definition) is 1. The summed E-state index contributed by atoms with van der Waals surface area (Å²) in [6, 6.07) is 6.57. The van der Waals surface area contributed by atoms with Crippen LogP contribution in [0.5, 0.6) is 0 Å². The maximum atomic E-state index is 3.67. The van der Waals surface area contributed by atoms with Gasteiger partial charge in [0.25, 0.3) is 0 Å². The second-order valence-corrected chi connectivity index (χ2v) is 6.29. The minimum Gasteiger partial charge on any atom is -0.307 e. The molecule has 1 aliphatic rings. The summed E-state index contributed by atoms with van der Waals surface area (Å²) >= 11 is 3.53. The molecule has 16 heavy (non-hydrogen) atoms. The predicted molar refractivity (Wildman–Crippen MR) is 72.5 cm³/mol. The largest absolute Gasteiger partial charge is 0.307 e. The Morgan fingerprint density at radius 1 is 1.38 bits per heavy atom. The lowest BCUT2D eigenvalue weighted by atomic mass is 9.98. The van der Waals surface area contributed by atoms with Crippen LogP contribution in [0.4, 0.5) is 0 Å². The first-order valence-corrected chi connectivity index (χ1v) is 6.78. The van der Waals surface area contributed by atoms with E-state index in [1.807, 2.05) is 0 Å². The first kappa shape index (κ1) is 12.1. The number of hydrogen-bond donors (Lipinski definition) is 1. The summed E-state index contributed by atoms with van der Waals surface area (Å²) in [5.41, 5.74) is 2.97. The molecule has 0 bridgehead atoms. The standard InChI is InChI=1S/C14H20BrN/c1-10-8-11(4-7-13(10)15)9-16-14(2,3)12-5-6-12/h4,7-8,12,16H,5-6,9H2,1-3H3. The van der Waals surface area contributed by atoms with Gasteiger partial charge in [-0.15, -0.1) is 0 Å². The molecule has 0 spiro atoms. The SMILES string of the molecule is Cc1cc(CNC(C)(C)C2CC2)ccc1Br. The Morgan fingerprint density at radius 2 is 2.06 bits per heavy atom. The second-order valence-electron chi connectivity index (χ2n) is 5.43. The van der Waals surface area contributed by atoms with Gasteiger partial charge in [0.1, 0.15) is 0 Å². The number of benzene rings is 1. The molecule has 1 N–H and O–H groups in total. The van der Waals surface area contributed by atoms with Crippen LogP contribution >= 0.6 is 15.9 Å². The van der Waals surface area contributed by atoms with E-state index in [1.165, 1.54) is 28.4 Å². The van der Waals surface area contributed by atoms with E-state index in [-0.39, 0.29) is 0 Å². The summed E-state index contributed by atoms with van der Waals surface area (Å²) in [7, 11) is 0. The number of nitrogens with one attached hydrogen (secondary N) is 1. The molecule has 1 aromatic carbocycles. The zero-order valence-corrected chi connectivity index (χ0v) is 11.9. The van der Waals surface area contributed by atoms with Gasteiger partial charge in [-0.05, 0) is 56.7 Å². The molecule has 0 amide bonds. The molecule has 0 heterocycles. The van der Waals surface area contributed by atoms with E-state index >= 15 is 0 Å². The van der Waals surface area contributed by atoms with Crippen molar-refractivity contribution in [3.8, 4) is 0 Å². The van der Waals surface area contributed by atoms with Gasteiger partial charge in [0.05, 0.1) is 0 Å². The summed E-state index contributed by atoms with van der Waals surface area (Å²) in [6.45, 7) is 7.74. The predicted octanol–water partition coefficient (Wildman–Crippen LogP) is 4.04. The molecule has 2 rings (SSSR count). The fourth-order valence-electron chi connectivity index (χ4n) is 2.10. The van der Waals surface area contributed by atoms with Crippen LogP contribution in [0.3, 0.4) is 0 Å². The fourth-order valence-corrected chi connectivity index (χ4v) is 2.34. The van der Waals surface area contributed by atoms with E-state index in [0.29, 0.717) is 5.54 Å². The van der Waals surface area contributed by atoms with Crippen molar-refractivity contribution in [2.24, 2.45) is 5.92 Å². The lowest BCUT2D eigenvalue weighted by Crippen LogP contribution is -2.40. The minimum absolute atomic E-state index is 0.293. The Kier molecular flexibility index (Phi) is 3.41. The summed E-state index contributed by atoms with van der Waals surface area (Å²) < 4.78 is 1.19. The van der Waals surface area contributed by atoms with Crippen LogP contribution in [-0.2, 0) is 6.54 Å². The normalized spacial score (nSPS) is 16.5. The molecule has 0 aliphatic heterocycles. The maximum Gasteiger partial charge on any atom is 0.0210 e. The summed E-state index contributed by atoms with van der Waals surface area (Å²) in [4.78, 5) is 0. The van der Waals surface area contributed by atoms with E-state index in [4.69, 9.17) is 0 Å². The highest BCUT2D eigenvalue weighted by atomic mass is 79.9. The number of halogens is 1. The van der Waals surface area contributed by atoms with Crippen LogP contribution in [0.2, 0.25) is 0 Å². The van der Waals surface area contributed by atoms with Crippen LogP contribution < -0.4 is 5.32 Å². The highest BCUT2D eigenvalue weighted by Gasteiger charge is 2.36. The van der Waals surface area contributed by atoms with Gasteiger partial charge in [0, 0.05) is 16.6 Å². The van der Waals surface area contributed by atoms with Crippen molar-refractivity contribution < 1.29 is 0 Å². The Hall–Kier alpha value is -0.340. The summed E-state index contributed by atoms with van der Waals surface area (Å²) in [6.07, 6.45) is 2.78.